The van der Waals surface area contributed by atoms with Crippen molar-refractivity contribution < 1.29 is 19.1 Å². The van der Waals surface area contributed by atoms with Crippen molar-refractivity contribution in [3.63, 3.8) is 0 Å². The SMILES string of the molecule is COCCCNC(=O)C1CC(=O)N(c2ccc(OC(C)C)cc2)C1. The number of ether oxygens (including phenoxy) is 2. The molecule has 1 heterocycles. The minimum atomic E-state index is -0.299. The molecule has 1 aromatic carbocycles. The molecule has 6 nitrogen and oxygen atoms in total. The van der Waals surface area contributed by atoms with Crippen molar-refractivity contribution in [2.45, 2.75) is 32.8 Å². The van der Waals surface area contributed by atoms with Gasteiger partial charge in [0.25, 0.3) is 0 Å². The second kappa shape index (κ2) is 8.68. The second-order valence-electron chi connectivity index (χ2n) is 6.20. The lowest BCUT2D eigenvalue weighted by atomic mass is 10.1. The van der Waals surface area contributed by atoms with Gasteiger partial charge in [0.1, 0.15) is 5.75 Å². The van der Waals surface area contributed by atoms with Crippen molar-refractivity contribution >= 4 is 17.5 Å². The number of carbonyl (C=O) groups excluding carboxylic acids is 2. The number of nitrogens with one attached hydrogen (secondary N) is 1. The van der Waals surface area contributed by atoms with E-state index in [4.69, 9.17) is 9.47 Å². The Hall–Kier alpha value is -2.08. The molecule has 0 spiro atoms. The lowest BCUT2D eigenvalue weighted by Crippen LogP contribution is -2.33. The van der Waals surface area contributed by atoms with Crippen LogP contribution >= 0.6 is 0 Å². The highest BCUT2D eigenvalue weighted by molar-refractivity contribution is 6.00. The molecule has 24 heavy (non-hydrogen) atoms. The second-order valence-corrected chi connectivity index (χ2v) is 6.20. The average molecular weight is 334 g/mol. The summed E-state index contributed by atoms with van der Waals surface area (Å²) in [5, 5.41) is 2.86. The average Bonchev–Trinajstić information content (AvgIpc) is 2.93. The molecule has 0 aliphatic carbocycles. The predicted molar refractivity (Wildman–Crippen MR) is 92.2 cm³/mol. The maximum absolute atomic E-state index is 12.2. The summed E-state index contributed by atoms with van der Waals surface area (Å²) in [6.45, 7) is 5.53. The van der Waals surface area contributed by atoms with E-state index in [1.165, 1.54) is 0 Å². The van der Waals surface area contributed by atoms with Crippen molar-refractivity contribution in [1.29, 1.82) is 0 Å². The first-order chi connectivity index (χ1) is 11.5. The number of rotatable bonds is 8. The third kappa shape index (κ3) is 4.96. The maximum Gasteiger partial charge on any atom is 0.227 e. The van der Waals surface area contributed by atoms with E-state index >= 15 is 0 Å². The molecule has 1 fully saturated rings. The van der Waals surface area contributed by atoms with E-state index in [1.807, 2.05) is 38.1 Å². The molecule has 1 saturated heterocycles. The molecular formula is C18H26N2O4. The summed E-state index contributed by atoms with van der Waals surface area (Å²) in [5.41, 5.74) is 0.797. The first-order valence-corrected chi connectivity index (χ1v) is 8.35. The number of anilines is 1. The minimum Gasteiger partial charge on any atom is -0.491 e. The highest BCUT2D eigenvalue weighted by atomic mass is 16.5. The Morgan fingerprint density at radius 2 is 2.04 bits per heavy atom. The standard InChI is InChI=1S/C18H26N2O4/c1-13(2)24-16-7-5-15(6-8-16)20-12-14(11-17(20)21)18(22)19-9-4-10-23-3/h5-8,13-14H,4,9-12H2,1-3H3,(H,19,22). The lowest BCUT2D eigenvalue weighted by molar-refractivity contribution is -0.126. The van der Waals surface area contributed by atoms with Crippen molar-refractivity contribution in [3.8, 4) is 5.75 Å². The van der Waals surface area contributed by atoms with E-state index in [-0.39, 0.29) is 30.3 Å². The fraction of sp³-hybridized carbons (Fsp3) is 0.556. The molecule has 6 heteroatoms. The summed E-state index contributed by atoms with van der Waals surface area (Å²) in [7, 11) is 1.63. The highest BCUT2D eigenvalue weighted by Gasteiger charge is 2.34. The van der Waals surface area contributed by atoms with E-state index in [9.17, 15) is 9.59 Å². The van der Waals surface area contributed by atoms with Crippen LogP contribution in [0.5, 0.6) is 5.75 Å². The Morgan fingerprint density at radius 3 is 2.67 bits per heavy atom. The largest absolute Gasteiger partial charge is 0.491 e. The molecule has 2 amide bonds. The number of nitrogens with zero attached hydrogens (tertiary/aromatic N) is 1. The normalized spacial score (nSPS) is 17.4. The molecule has 0 radical (unpaired) electrons. The predicted octanol–water partition coefficient (Wildman–Crippen LogP) is 1.98. The van der Waals surface area contributed by atoms with Crippen molar-refractivity contribution in [2.75, 3.05) is 31.7 Å². The number of hydrogen-bond donors (Lipinski definition) is 1. The van der Waals surface area contributed by atoms with Gasteiger partial charge < -0.3 is 19.7 Å². The molecule has 1 unspecified atom stereocenters. The molecule has 1 atom stereocenters. The van der Waals surface area contributed by atoms with Gasteiger partial charge in [0.15, 0.2) is 0 Å². The van der Waals surface area contributed by atoms with Crippen LogP contribution in [0.3, 0.4) is 0 Å². The molecule has 0 saturated carbocycles. The number of carbonyl (C=O) groups is 2. The quantitative estimate of drug-likeness (QED) is 0.738. The Labute approximate surface area is 143 Å². The van der Waals surface area contributed by atoms with Crippen LogP contribution in [0.1, 0.15) is 26.7 Å². The van der Waals surface area contributed by atoms with Crippen LogP contribution < -0.4 is 15.0 Å². The fourth-order valence-corrected chi connectivity index (χ4v) is 2.68. The Morgan fingerprint density at radius 1 is 1.33 bits per heavy atom. The highest BCUT2D eigenvalue weighted by Crippen LogP contribution is 2.27. The topological polar surface area (TPSA) is 67.9 Å². The van der Waals surface area contributed by atoms with Crippen LogP contribution in [-0.4, -0.2) is 44.7 Å². The van der Waals surface area contributed by atoms with Gasteiger partial charge in [-0.2, -0.15) is 0 Å². The van der Waals surface area contributed by atoms with Crippen LogP contribution in [0.2, 0.25) is 0 Å². The van der Waals surface area contributed by atoms with Gasteiger partial charge in [-0.3, -0.25) is 9.59 Å². The van der Waals surface area contributed by atoms with Crippen LogP contribution in [-0.2, 0) is 14.3 Å². The van der Waals surface area contributed by atoms with E-state index in [0.29, 0.717) is 19.7 Å². The van der Waals surface area contributed by atoms with Gasteiger partial charge in [0.2, 0.25) is 11.8 Å². The van der Waals surface area contributed by atoms with Gasteiger partial charge in [-0.1, -0.05) is 0 Å². The van der Waals surface area contributed by atoms with Crippen LogP contribution in [0, 0.1) is 5.92 Å². The summed E-state index contributed by atoms with van der Waals surface area (Å²) < 4.78 is 10.6. The monoisotopic (exact) mass is 334 g/mol. The van der Waals surface area contributed by atoms with Crippen LogP contribution in [0.4, 0.5) is 5.69 Å². The first-order valence-electron chi connectivity index (χ1n) is 8.35. The smallest absolute Gasteiger partial charge is 0.227 e. The Kier molecular flexibility index (Phi) is 6.61. The summed E-state index contributed by atoms with van der Waals surface area (Å²) in [4.78, 5) is 26.0. The van der Waals surface area contributed by atoms with Crippen LogP contribution in [0.15, 0.2) is 24.3 Å². The zero-order chi connectivity index (χ0) is 17.5. The third-order valence-corrected chi connectivity index (χ3v) is 3.84. The fourth-order valence-electron chi connectivity index (χ4n) is 2.68. The third-order valence-electron chi connectivity index (χ3n) is 3.84. The van der Waals surface area contributed by atoms with Gasteiger partial charge in [-0.25, -0.2) is 0 Å². The van der Waals surface area contributed by atoms with Crippen molar-refractivity contribution in [2.24, 2.45) is 5.92 Å². The van der Waals surface area contributed by atoms with E-state index in [0.717, 1.165) is 17.9 Å². The van der Waals surface area contributed by atoms with Crippen molar-refractivity contribution in [3.05, 3.63) is 24.3 Å². The summed E-state index contributed by atoms with van der Waals surface area (Å²) in [6, 6.07) is 7.41. The molecule has 1 aliphatic heterocycles. The molecule has 2 rings (SSSR count). The van der Waals surface area contributed by atoms with Gasteiger partial charge in [-0.05, 0) is 44.5 Å². The Balaban J connectivity index is 1.90. The maximum atomic E-state index is 12.2. The molecule has 1 N–H and O–H groups in total. The Bertz CT molecular complexity index is 557. The molecule has 0 bridgehead atoms. The van der Waals surface area contributed by atoms with Crippen LogP contribution in [0.25, 0.3) is 0 Å². The molecule has 132 valence electrons. The zero-order valence-electron chi connectivity index (χ0n) is 14.6. The van der Waals surface area contributed by atoms with Gasteiger partial charge in [-0.15, -0.1) is 0 Å². The van der Waals surface area contributed by atoms with Gasteiger partial charge >= 0.3 is 0 Å². The molecule has 0 aromatic heterocycles. The van der Waals surface area contributed by atoms with Crippen molar-refractivity contribution in [1.82, 2.24) is 5.32 Å². The van der Waals surface area contributed by atoms with E-state index in [2.05, 4.69) is 5.32 Å². The molecule has 1 aliphatic rings. The zero-order valence-corrected chi connectivity index (χ0v) is 14.6. The minimum absolute atomic E-state index is 0.0235. The summed E-state index contributed by atoms with van der Waals surface area (Å²) in [6.07, 6.45) is 1.13. The van der Waals surface area contributed by atoms with E-state index in [1.54, 1.807) is 12.0 Å². The summed E-state index contributed by atoms with van der Waals surface area (Å²) >= 11 is 0. The van der Waals surface area contributed by atoms with Gasteiger partial charge in [0, 0.05) is 38.9 Å². The number of methoxy groups -OCH3 is 1. The number of benzene rings is 1. The lowest BCUT2D eigenvalue weighted by Gasteiger charge is -2.18. The van der Waals surface area contributed by atoms with Gasteiger partial charge in [0.05, 0.1) is 12.0 Å². The molecule has 1 aromatic rings. The first kappa shape index (κ1) is 18.3. The number of hydrogen-bond acceptors (Lipinski definition) is 4. The molecular weight excluding hydrogens is 308 g/mol. The van der Waals surface area contributed by atoms with E-state index < -0.39 is 0 Å². The number of amides is 2. The summed E-state index contributed by atoms with van der Waals surface area (Å²) in [5.74, 6) is 0.380.